The zero-order valence-electron chi connectivity index (χ0n) is 14.1. The molecule has 1 aliphatic rings. The highest BCUT2D eigenvalue weighted by atomic mass is 16.3. The lowest BCUT2D eigenvalue weighted by molar-refractivity contribution is -0.136. The third-order valence-electron chi connectivity index (χ3n) is 4.16. The Labute approximate surface area is 137 Å². The number of amides is 2. The average Bonchev–Trinajstić information content (AvgIpc) is 3.23. The zero-order chi connectivity index (χ0) is 16.7. The van der Waals surface area contributed by atoms with E-state index in [4.69, 9.17) is 4.42 Å². The number of carbonyl (C=O) groups is 2. The van der Waals surface area contributed by atoms with Crippen LogP contribution >= 0.6 is 0 Å². The molecule has 0 bridgehead atoms. The molecule has 1 saturated carbocycles. The summed E-state index contributed by atoms with van der Waals surface area (Å²) in [6.45, 7) is 5.68. The fraction of sp³-hybridized carbons (Fsp3) is 0.706. The molecule has 0 unspecified atom stereocenters. The molecule has 6 heteroatoms. The van der Waals surface area contributed by atoms with Crippen molar-refractivity contribution in [1.29, 1.82) is 0 Å². The Morgan fingerprint density at radius 3 is 2.70 bits per heavy atom. The molecular weight excluding hydrogens is 294 g/mol. The first kappa shape index (κ1) is 17.5. The molecule has 0 aliphatic heterocycles. The molecule has 128 valence electrons. The molecule has 2 rings (SSSR count). The van der Waals surface area contributed by atoms with Crippen LogP contribution in [0.1, 0.15) is 68.8 Å². The Kier molecular flexibility index (Phi) is 6.62. The van der Waals surface area contributed by atoms with E-state index in [0.717, 1.165) is 38.5 Å². The van der Waals surface area contributed by atoms with Crippen molar-refractivity contribution in [3.63, 3.8) is 0 Å². The predicted octanol–water partition coefficient (Wildman–Crippen LogP) is 2.74. The third kappa shape index (κ3) is 4.81. The summed E-state index contributed by atoms with van der Waals surface area (Å²) in [7, 11) is 0. The summed E-state index contributed by atoms with van der Waals surface area (Å²) in [5, 5.41) is 2.77. The van der Waals surface area contributed by atoms with Gasteiger partial charge in [0, 0.05) is 19.0 Å². The van der Waals surface area contributed by atoms with Gasteiger partial charge in [0.1, 0.15) is 6.26 Å². The predicted molar refractivity (Wildman–Crippen MR) is 86.8 cm³/mol. The van der Waals surface area contributed by atoms with Crippen molar-refractivity contribution in [2.24, 2.45) is 5.92 Å². The number of oxazole rings is 1. The van der Waals surface area contributed by atoms with Gasteiger partial charge in [-0.3, -0.25) is 9.59 Å². The number of carbonyl (C=O) groups excluding carboxylic acids is 2. The molecule has 0 saturated heterocycles. The minimum absolute atomic E-state index is 0.142. The van der Waals surface area contributed by atoms with Crippen LogP contribution in [0.4, 0.5) is 0 Å². The van der Waals surface area contributed by atoms with E-state index in [1.165, 1.54) is 6.26 Å². The van der Waals surface area contributed by atoms with Gasteiger partial charge in [0.15, 0.2) is 5.69 Å². The normalized spacial score (nSPS) is 14.9. The highest BCUT2D eigenvalue weighted by molar-refractivity contribution is 5.91. The first-order valence-electron chi connectivity index (χ1n) is 8.67. The highest BCUT2D eigenvalue weighted by Gasteiger charge is 2.28. The molecule has 1 aromatic heterocycles. The van der Waals surface area contributed by atoms with Crippen molar-refractivity contribution < 1.29 is 14.0 Å². The topological polar surface area (TPSA) is 75.4 Å². The second-order valence-electron chi connectivity index (χ2n) is 6.12. The first-order chi connectivity index (χ1) is 11.2. The van der Waals surface area contributed by atoms with Crippen LogP contribution in [0.25, 0.3) is 0 Å². The molecule has 0 atom stereocenters. The van der Waals surface area contributed by atoms with Crippen LogP contribution in [-0.2, 0) is 11.3 Å². The van der Waals surface area contributed by atoms with E-state index < -0.39 is 0 Å². The molecule has 1 N–H and O–H groups in total. The van der Waals surface area contributed by atoms with E-state index in [9.17, 15) is 9.59 Å². The Morgan fingerprint density at radius 1 is 1.30 bits per heavy atom. The van der Waals surface area contributed by atoms with Crippen LogP contribution < -0.4 is 5.32 Å². The minimum atomic E-state index is -0.231. The van der Waals surface area contributed by atoms with Gasteiger partial charge in [-0.1, -0.05) is 26.7 Å². The zero-order valence-corrected chi connectivity index (χ0v) is 14.1. The van der Waals surface area contributed by atoms with Crippen molar-refractivity contribution >= 4 is 11.8 Å². The van der Waals surface area contributed by atoms with E-state index >= 15 is 0 Å². The number of hydrogen-bond donors (Lipinski definition) is 1. The lowest BCUT2D eigenvalue weighted by atomic mass is 10.1. The molecule has 1 aromatic rings. The summed E-state index contributed by atoms with van der Waals surface area (Å²) in [6.07, 6.45) is 7.36. The Morgan fingerprint density at radius 2 is 2.04 bits per heavy atom. The summed E-state index contributed by atoms with van der Waals surface area (Å²) in [5.74, 6) is 0.529. The molecule has 1 heterocycles. The van der Waals surface area contributed by atoms with Gasteiger partial charge in [-0.15, -0.1) is 0 Å². The smallest absolute Gasteiger partial charge is 0.273 e. The Hall–Kier alpha value is -1.85. The maximum Gasteiger partial charge on any atom is 0.273 e. The molecule has 1 aliphatic carbocycles. The first-order valence-corrected chi connectivity index (χ1v) is 8.67. The number of rotatable bonds is 8. The number of hydrogen-bond acceptors (Lipinski definition) is 4. The standard InChI is InChI=1S/C17H27N3O3/c1-3-9-18-16(21)14-12-23-15(19-14)11-20(10-4-2)17(22)13-7-5-6-8-13/h12-13H,3-11H2,1-2H3,(H,18,21). The van der Waals surface area contributed by atoms with Crippen LogP contribution in [0.3, 0.4) is 0 Å². The monoisotopic (exact) mass is 321 g/mol. The van der Waals surface area contributed by atoms with E-state index in [0.29, 0.717) is 25.5 Å². The van der Waals surface area contributed by atoms with Crippen molar-refractivity contribution in [2.75, 3.05) is 13.1 Å². The number of nitrogens with zero attached hydrogens (tertiary/aromatic N) is 2. The molecule has 2 amide bonds. The van der Waals surface area contributed by atoms with Gasteiger partial charge < -0.3 is 14.6 Å². The third-order valence-corrected chi connectivity index (χ3v) is 4.16. The fourth-order valence-corrected chi connectivity index (χ4v) is 2.95. The summed E-state index contributed by atoms with van der Waals surface area (Å²) >= 11 is 0. The van der Waals surface area contributed by atoms with Gasteiger partial charge >= 0.3 is 0 Å². The maximum absolute atomic E-state index is 12.6. The van der Waals surface area contributed by atoms with E-state index in [2.05, 4.69) is 10.3 Å². The van der Waals surface area contributed by atoms with Gasteiger partial charge in [-0.05, 0) is 25.7 Å². The van der Waals surface area contributed by atoms with Gasteiger partial charge in [0.05, 0.1) is 6.54 Å². The second kappa shape index (κ2) is 8.70. The summed E-state index contributed by atoms with van der Waals surface area (Å²) in [6, 6.07) is 0. The lowest BCUT2D eigenvalue weighted by Gasteiger charge is -2.23. The lowest BCUT2D eigenvalue weighted by Crippen LogP contribution is -2.35. The van der Waals surface area contributed by atoms with Crippen molar-refractivity contribution in [3.05, 3.63) is 17.8 Å². The molecular formula is C17H27N3O3. The molecule has 0 radical (unpaired) electrons. The summed E-state index contributed by atoms with van der Waals surface area (Å²) in [5.41, 5.74) is 0.276. The molecule has 0 spiro atoms. The van der Waals surface area contributed by atoms with Crippen LogP contribution in [0.15, 0.2) is 10.7 Å². The molecule has 6 nitrogen and oxygen atoms in total. The van der Waals surface area contributed by atoms with Gasteiger partial charge in [-0.2, -0.15) is 0 Å². The molecule has 0 aromatic carbocycles. The Bertz CT molecular complexity index is 521. The SMILES string of the molecule is CCCNC(=O)c1coc(CN(CCC)C(=O)C2CCCC2)n1. The quantitative estimate of drug-likeness (QED) is 0.799. The summed E-state index contributed by atoms with van der Waals surface area (Å²) < 4.78 is 5.39. The highest BCUT2D eigenvalue weighted by Crippen LogP contribution is 2.27. The van der Waals surface area contributed by atoms with Crippen LogP contribution in [0.5, 0.6) is 0 Å². The van der Waals surface area contributed by atoms with E-state index in [1.54, 1.807) is 0 Å². The molecule has 23 heavy (non-hydrogen) atoms. The van der Waals surface area contributed by atoms with Crippen LogP contribution in [-0.4, -0.2) is 34.8 Å². The van der Waals surface area contributed by atoms with Gasteiger partial charge in [0.25, 0.3) is 5.91 Å². The Balaban J connectivity index is 1.98. The van der Waals surface area contributed by atoms with Crippen molar-refractivity contribution in [3.8, 4) is 0 Å². The largest absolute Gasteiger partial charge is 0.446 e. The second-order valence-corrected chi connectivity index (χ2v) is 6.12. The van der Waals surface area contributed by atoms with Gasteiger partial charge in [-0.25, -0.2) is 4.98 Å². The number of nitrogens with one attached hydrogen (secondary N) is 1. The average molecular weight is 321 g/mol. The minimum Gasteiger partial charge on any atom is -0.446 e. The van der Waals surface area contributed by atoms with Gasteiger partial charge in [0.2, 0.25) is 11.8 Å². The van der Waals surface area contributed by atoms with Crippen molar-refractivity contribution in [1.82, 2.24) is 15.2 Å². The maximum atomic E-state index is 12.6. The fourth-order valence-electron chi connectivity index (χ4n) is 2.95. The molecule has 1 fully saturated rings. The van der Waals surface area contributed by atoms with Crippen LogP contribution in [0, 0.1) is 5.92 Å². The van der Waals surface area contributed by atoms with Crippen molar-refractivity contribution in [2.45, 2.75) is 58.9 Å². The van der Waals surface area contributed by atoms with Crippen LogP contribution in [0.2, 0.25) is 0 Å². The van der Waals surface area contributed by atoms with E-state index in [-0.39, 0.29) is 23.4 Å². The number of aromatic nitrogens is 1. The van der Waals surface area contributed by atoms with E-state index in [1.807, 2.05) is 18.7 Å². The summed E-state index contributed by atoms with van der Waals surface area (Å²) in [4.78, 5) is 30.5.